The predicted octanol–water partition coefficient (Wildman–Crippen LogP) is 3.69. The zero-order chi connectivity index (χ0) is 20.5. The van der Waals surface area contributed by atoms with E-state index in [-0.39, 0.29) is 5.91 Å². The van der Waals surface area contributed by atoms with Crippen molar-refractivity contribution >= 4 is 22.4 Å². The van der Waals surface area contributed by atoms with Gasteiger partial charge in [-0.1, -0.05) is 42.5 Å². The minimum atomic E-state index is 0.0233. The largest absolute Gasteiger partial charge is 0.366 e. The van der Waals surface area contributed by atoms with Crippen molar-refractivity contribution in [1.82, 2.24) is 19.7 Å². The molecule has 1 aliphatic rings. The number of piperazine rings is 1. The van der Waals surface area contributed by atoms with Gasteiger partial charge in [-0.3, -0.25) is 9.78 Å². The molecular formula is C24H23N5O. The Balaban J connectivity index is 1.36. The van der Waals surface area contributed by atoms with Crippen LogP contribution in [0.1, 0.15) is 16.2 Å². The predicted molar refractivity (Wildman–Crippen MR) is 118 cm³/mol. The number of carbonyl (C=O) groups is 1. The maximum atomic E-state index is 13.3. The minimum absolute atomic E-state index is 0.0233. The Morgan fingerprint density at radius 2 is 1.63 bits per heavy atom. The zero-order valence-corrected chi connectivity index (χ0v) is 16.9. The molecule has 0 unspecified atom stereocenters. The molecular weight excluding hydrogens is 374 g/mol. The second-order valence-corrected chi connectivity index (χ2v) is 7.58. The molecule has 30 heavy (non-hydrogen) atoms. The molecule has 1 amide bonds. The quantitative estimate of drug-likeness (QED) is 0.529. The van der Waals surface area contributed by atoms with Crippen molar-refractivity contribution in [2.24, 2.45) is 0 Å². The second kappa shape index (κ2) is 7.63. The third-order valence-electron chi connectivity index (χ3n) is 5.61. The Kier molecular flexibility index (Phi) is 4.67. The number of anilines is 1. The number of fused-ring (bicyclic) bond motifs is 1. The summed E-state index contributed by atoms with van der Waals surface area (Å²) in [4.78, 5) is 21.9. The van der Waals surface area contributed by atoms with Crippen LogP contribution in [0.5, 0.6) is 0 Å². The zero-order valence-electron chi connectivity index (χ0n) is 16.9. The van der Waals surface area contributed by atoms with Gasteiger partial charge in [-0.25, -0.2) is 4.68 Å². The van der Waals surface area contributed by atoms with Gasteiger partial charge in [0.2, 0.25) is 0 Å². The number of benzene rings is 2. The summed E-state index contributed by atoms with van der Waals surface area (Å²) in [6.07, 6.45) is 3.82. The van der Waals surface area contributed by atoms with E-state index in [1.807, 2.05) is 66.7 Å². The molecule has 3 heterocycles. The summed E-state index contributed by atoms with van der Waals surface area (Å²) in [5.74, 6) is 0.0233. The van der Waals surface area contributed by atoms with Crippen LogP contribution in [0.4, 0.5) is 5.69 Å². The molecule has 5 rings (SSSR count). The van der Waals surface area contributed by atoms with Crippen molar-refractivity contribution in [3.8, 4) is 5.69 Å². The normalized spacial score (nSPS) is 14.3. The van der Waals surface area contributed by atoms with Gasteiger partial charge in [-0.05, 0) is 25.1 Å². The fourth-order valence-electron chi connectivity index (χ4n) is 4.08. The molecule has 0 spiro atoms. The summed E-state index contributed by atoms with van der Waals surface area (Å²) in [7, 11) is 0. The van der Waals surface area contributed by atoms with Crippen LogP contribution in [0.25, 0.3) is 16.5 Å². The summed E-state index contributed by atoms with van der Waals surface area (Å²) in [5.41, 5.74) is 3.47. The molecule has 0 bridgehead atoms. The third-order valence-corrected chi connectivity index (χ3v) is 5.61. The van der Waals surface area contributed by atoms with Gasteiger partial charge in [0.1, 0.15) is 5.69 Å². The molecule has 0 N–H and O–H groups in total. The number of pyridine rings is 1. The number of para-hydroxylation sites is 1. The van der Waals surface area contributed by atoms with E-state index in [4.69, 9.17) is 0 Å². The van der Waals surface area contributed by atoms with Crippen molar-refractivity contribution in [3.05, 3.63) is 84.4 Å². The van der Waals surface area contributed by atoms with Gasteiger partial charge in [0.15, 0.2) is 0 Å². The maximum absolute atomic E-state index is 13.3. The first-order chi connectivity index (χ1) is 14.7. The van der Waals surface area contributed by atoms with Crippen molar-refractivity contribution in [2.45, 2.75) is 6.92 Å². The van der Waals surface area contributed by atoms with E-state index < -0.39 is 0 Å². The first-order valence-electron chi connectivity index (χ1n) is 10.2. The van der Waals surface area contributed by atoms with Gasteiger partial charge < -0.3 is 9.80 Å². The fraction of sp³-hybridized carbons (Fsp3) is 0.208. The van der Waals surface area contributed by atoms with Gasteiger partial charge in [0, 0.05) is 43.1 Å². The van der Waals surface area contributed by atoms with E-state index >= 15 is 0 Å². The molecule has 4 aromatic rings. The van der Waals surface area contributed by atoms with Gasteiger partial charge >= 0.3 is 0 Å². The van der Waals surface area contributed by atoms with Crippen LogP contribution in [0.3, 0.4) is 0 Å². The second-order valence-electron chi connectivity index (χ2n) is 7.58. The SMILES string of the molecule is Cc1cc(C(=O)N2CCN(c3cncc4ccccc34)CC2)n(-c2ccccc2)n1. The van der Waals surface area contributed by atoms with Crippen LogP contribution in [-0.4, -0.2) is 51.8 Å². The summed E-state index contributed by atoms with van der Waals surface area (Å²) < 4.78 is 1.75. The Bertz CT molecular complexity index is 1190. The van der Waals surface area contributed by atoms with E-state index in [9.17, 15) is 4.79 Å². The fourth-order valence-corrected chi connectivity index (χ4v) is 4.08. The lowest BCUT2D eigenvalue weighted by molar-refractivity contribution is 0.0737. The number of amides is 1. The lowest BCUT2D eigenvalue weighted by Gasteiger charge is -2.36. The van der Waals surface area contributed by atoms with Crippen LogP contribution >= 0.6 is 0 Å². The topological polar surface area (TPSA) is 54.3 Å². The molecule has 0 radical (unpaired) electrons. The molecule has 0 saturated carbocycles. The van der Waals surface area contributed by atoms with Crippen molar-refractivity contribution < 1.29 is 4.79 Å². The first kappa shape index (κ1) is 18.4. The molecule has 0 aliphatic carbocycles. The number of carbonyl (C=O) groups excluding carboxylic acids is 1. The van der Waals surface area contributed by atoms with Crippen LogP contribution in [0, 0.1) is 6.92 Å². The third kappa shape index (κ3) is 3.30. The van der Waals surface area contributed by atoms with Crippen molar-refractivity contribution in [2.75, 3.05) is 31.1 Å². The van der Waals surface area contributed by atoms with E-state index in [2.05, 4.69) is 33.2 Å². The molecule has 1 saturated heterocycles. The standard InChI is InChI=1S/C24H23N5O/c1-18-15-22(29(26-18)20-8-3-2-4-9-20)24(30)28-13-11-27(12-14-28)23-17-25-16-19-7-5-6-10-21(19)23/h2-10,15-17H,11-14H2,1H3. The number of rotatable bonds is 3. The number of aromatic nitrogens is 3. The highest BCUT2D eigenvalue weighted by Gasteiger charge is 2.26. The highest BCUT2D eigenvalue weighted by molar-refractivity contribution is 5.95. The molecule has 6 heteroatoms. The van der Waals surface area contributed by atoms with E-state index in [1.54, 1.807) is 4.68 Å². The molecule has 150 valence electrons. The van der Waals surface area contributed by atoms with Gasteiger partial charge in [-0.15, -0.1) is 0 Å². The van der Waals surface area contributed by atoms with E-state index in [0.29, 0.717) is 18.8 Å². The van der Waals surface area contributed by atoms with Crippen LogP contribution in [0.2, 0.25) is 0 Å². The lowest BCUT2D eigenvalue weighted by atomic mass is 10.1. The highest BCUT2D eigenvalue weighted by Crippen LogP contribution is 2.26. The number of nitrogens with zero attached hydrogens (tertiary/aromatic N) is 5. The van der Waals surface area contributed by atoms with E-state index in [0.717, 1.165) is 35.5 Å². The minimum Gasteiger partial charge on any atom is -0.366 e. The smallest absolute Gasteiger partial charge is 0.272 e. The summed E-state index contributed by atoms with van der Waals surface area (Å²) in [5, 5.41) is 6.88. The summed E-state index contributed by atoms with van der Waals surface area (Å²) >= 11 is 0. The Morgan fingerprint density at radius 3 is 2.43 bits per heavy atom. The van der Waals surface area contributed by atoms with Crippen LogP contribution in [-0.2, 0) is 0 Å². The summed E-state index contributed by atoms with van der Waals surface area (Å²) in [6, 6.07) is 20.0. The average molecular weight is 397 g/mol. The van der Waals surface area contributed by atoms with Gasteiger partial charge in [0.25, 0.3) is 5.91 Å². The maximum Gasteiger partial charge on any atom is 0.272 e. The van der Waals surface area contributed by atoms with Crippen molar-refractivity contribution in [3.63, 3.8) is 0 Å². The Labute approximate surface area is 175 Å². The average Bonchev–Trinajstić information content (AvgIpc) is 3.20. The number of hydrogen-bond acceptors (Lipinski definition) is 4. The first-order valence-corrected chi connectivity index (χ1v) is 10.2. The van der Waals surface area contributed by atoms with Gasteiger partial charge in [-0.2, -0.15) is 5.10 Å². The van der Waals surface area contributed by atoms with E-state index in [1.165, 1.54) is 5.39 Å². The van der Waals surface area contributed by atoms with Gasteiger partial charge in [0.05, 0.1) is 23.3 Å². The molecule has 2 aromatic heterocycles. The molecule has 0 atom stereocenters. The molecule has 6 nitrogen and oxygen atoms in total. The monoisotopic (exact) mass is 397 g/mol. The highest BCUT2D eigenvalue weighted by atomic mass is 16.2. The molecule has 2 aromatic carbocycles. The lowest BCUT2D eigenvalue weighted by Crippen LogP contribution is -2.49. The Hall–Kier alpha value is -3.67. The van der Waals surface area contributed by atoms with Crippen LogP contribution in [0.15, 0.2) is 73.1 Å². The van der Waals surface area contributed by atoms with Crippen molar-refractivity contribution in [1.29, 1.82) is 0 Å². The number of hydrogen-bond donors (Lipinski definition) is 0. The molecule has 1 fully saturated rings. The van der Waals surface area contributed by atoms with Crippen LogP contribution < -0.4 is 4.90 Å². The number of aryl methyl sites for hydroxylation is 1. The molecule has 1 aliphatic heterocycles. The Morgan fingerprint density at radius 1 is 0.900 bits per heavy atom. The summed E-state index contributed by atoms with van der Waals surface area (Å²) in [6.45, 7) is 4.81.